The number of ether oxygens (including phenoxy) is 2. The summed E-state index contributed by atoms with van der Waals surface area (Å²) in [6.45, 7) is 1.62. The Hall–Kier alpha value is -4.19. The Bertz CT molecular complexity index is 1510. The molecule has 0 fully saturated rings. The van der Waals surface area contributed by atoms with Crippen molar-refractivity contribution >= 4 is 39.0 Å². The van der Waals surface area contributed by atoms with Crippen LogP contribution in [0.2, 0.25) is 0 Å². The third-order valence-electron chi connectivity index (χ3n) is 5.12. The van der Waals surface area contributed by atoms with E-state index in [1.165, 1.54) is 18.6 Å². The lowest BCUT2D eigenvalue weighted by Gasteiger charge is -2.11. The molecule has 2 aromatic heterocycles. The quantitative estimate of drug-likeness (QED) is 0.365. The second-order valence-electron chi connectivity index (χ2n) is 7.37. The summed E-state index contributed by atoms with van der Waals surface area (Å²) in [7, 11) is 1.46. The highest BCUT2D eigenvalue weighted by Crippen LogP contribution is 2.32. The molecule has 36 heavy (non-hydrogen) atoms. The normalized spacial score (nSPS) is 11.4. The van der Waals surface area contributed by atoms with Gasteiger partial charge in [-0.05, 0) is 49.4 Å². The van der Waals surface area contributed by atoms with Crippen LogP contribution in [-0.4, -0.2) is 35.4 Å². The lowest BCUT2D eigenvalue weighted by molar-refractivity contribution is -0.137. The second-order valence-corrected chi connectivity index (χ2v) is 8.25. The minimum atomic E-state index is -4.57. The van der Waals surface area contributed by atoms with E-state index in [2.05, 4.69) is 10.4 Å². The highest BCUT2D eigenvalue weighted by molar-refractivity contribution is 7.16. The van der Waals surface area contributed by atoms with Crippen molar-refractivity contribution in [2.75, 3.05) is 19.0 Å². The first-order valence-electron chi connectivity index (χ1n) is 10.5. The fraction of sp³-hybridized carbons (Fsp3) is 0.167. The van der Waals surface area contributed by atoms with Gasteiger partial charge in [0.15, 0.2) is 5.69 Å². The number of carbonyl (C=O) groups is 2. The number of methoxy groups -OCH3 is 1. The zero-order valence-corrected chi connectivity index (χ0v) is 19.7. The van der Waals surface area contributed by atoms with Gasteiger partial charge in [0, 0.05) is 16.3 Å². The van der Waals surface area contributed by atoms with Crippen molar-refractivity contribution < 1.29 is 32.2 Å². The van der Waals surface area contributed by atoms with Gasteiger partial charge in [0.05, 0.1) is 30.4 Å². The maximum atomic E-state index is 13.4. The first kappa shape index (κ1) is 24.9. The summed E-state index contributed by atoms with van der Waals surface area (Å²) in [6.07, 6.45) is -4.57. The molecule has 0 atom stereocenters. The maximum absolute atomic E-state index is 13.4. The molecule has 0 aliphatic heterocycles. The highest BCUT2D eigenvalue weighted by atomic mass is 32.1. The van der Waals surface area contributed by atoms with Crippen LogP contribution < -0.4 is 15.6 Å². The number of esters is 1. The summed E-state index contributed by atoms with van der Waals surface area (Å²) < 4.78 is 50.0. The molecule has 8 nitrogen and oxygen atoms in total. The van der Waals surface area contributed by atoms with Crippen LogP contribution in [0.1, 0.15) is 33.3 Å². The third kappa shape index (κ3) is 4.80. The predicted octanol–water partition coefficient (Wildman–Crippen LogP) is 4.90. The van der Waals surface area contributed by atoms with Crippen molar-refractivity contribution in [3.05, 3.63) is 81.1 Å². The predicted molar refractivity (Wildman–Crippen MR) is 127 cm³/mol. The monoisotopic (exact) mass is 517 g/mol. The van der Waals surface area contributed by atoms with Crippen molar-refractivity contribution in [3.8, 4) is 11.4 Å². The Kier molecular flexibility index (Phi) is 6.80. The molecule has 0 radical (unpaired) electrons. The molecular formula is C24H18F3N3O5S. The number of rotatable bonds is 6. The average molecular weight is 517 g/mol. The van der Waals surface area contributed by atoms with Crippen LogP contribution in [0.5, 0.6) is 5.75 Å². The van der Waals surface area contributed by atoms with Crippen LogP contribution in [0, 0.1) is 0 Å². The van der Waals surface area contributed by atoms with Gasteiger partial charge in [-0.1, -0.05) is 6.07 Å². The van der Waals surface area contributed by atoms with Gasteiger partial charge in [0.1, 0.15) is 10.8 Å². The number of aromatic nitrogens is 2. The number of anilines is 1. The van der Waals surface area contributed by atoms with Gasteiger partial charge in [-0.3, -0.25) is 9.59 Å². The van der Waals surface area contributed by atoms with E-state index >= 15 is 0 Å². The van der Waals surface area contributed by atoms with Crippen LogP contribution in [0.25, 0.3) is 16.5 Å². The van der Waals surface area contributed by atoms with Gasteiger partial charge >= 0.3 is 12.1 Å². The molecule has 2 heterocycles. The van der Waals surface area contributed by atoms with Crippen molar-refractivity contribution in [2.24, 2.45) is 0 Å². The number of carbonyl (C=O) groups excluding carboxylic acids is 2. The molecule has 0 unspecified atom stereocenters. The Morgan fingerprint density at radius 1 is 1.14 bits per heavy atom. The number of thiophene rings is 1. The summed E-state index contributed by atoms with van der Waals surface area (Å²) in [5, 5.41) is 8.47. The number of hydrogen-bond donors (Lipinski definition) is 1. The lowest BCUT2D eigenvalue weighted by Crippen LogP contribution is -2.25. The van der Waals surface area contributed by atoms with E-state index in [1.54, 1.807) is 25.1 Å². The van der Waals surface area contributed by atoms with E-state index < -0.39 is 29.2 Å². The number of hydrogen-bond acceptors (Lipinski definition) is 7. The molecule has 0 spiro atoms. The summed E-state index contributed by atoms with van der Waals surface area (Å²) in [5.41, 5.74) is -1.60. The van der Waals surface area contributed by atoms with Gasteiger partial charge in [0.25, 0.3) is 11.5 Å². The molecular weight excluding hydrogens is 499 g/mol. The number of amides is 1. The molecule has 4 aromatic rings. The van der Waals surface area contributed by atoms with Crippen LogP contribution in [-0.2, 0) is 10.9 Å². The number of nitrogens with zero attached hydrogens (tertiary/aromatic N) is 2. The van der Waals surface area contributed by atoms with Crippen LogP contribution in [0.15, 0.2) is 58.7 Å². The van der Waals surface area contributed by atoms with Gasteiger partial charge < -0.3 is 14.8 Å². The largest absolute Gasteiger partial charge is 0.497 e. The Labute approximate surface area is 205 Å². The minimum Gasteiger partial charge on any atom is -0.497 e. The maximum Gasteiger partial charge on any atom is 0.416 e. The molecule has 1 amide bonds. The van der Waals surface area contributed by atoms with Gasteiger partial charge in [-0.2, -0.15) is 23.0 Å². The molecule has 0 aliphatic carbocycles. The Morgan fingerprint density at radius 3 is 2.50 bits per heavy atom. The summed E-state index contributed by atoms with van der Waals surface area (Å²) in [4.78, 5) is 38.9. The SMILES string of the molecule is CCOC(=O)c1nn(-c2ccc(C(F)(F)F)cc2)c(=O)c2c(NC(=O)c3cccc(OC)c3)scc12. The molecule has 0 saturated heterocycles. The van der Waals surface area contributed by atoms with E-state index in [0.29, 0.717) is 5.75 Å². The molecule has 186 valence electrons. The first-order valence-corrected chi connectivity index (χ1v) is 11.4. The third-order valence-corrected chi connectivity index (χ3v) is 6.01. The van der Waals surface area contributed by atoms with E-state index in [1.807, 2.05) is 0 Å². The highest BCUT2D eigenvalue weighted by Gasteiger charge is 2.30. The molecule has 0 saturated carbocycles. The molecule has 1 N–H and O–H groups in total. The number of alkyl halides is 3. The smallest absolute Gasteiger partial charge is 0.416 e. The second kappa shape index (κ2) is 9.82. The Balaban J connectivity index is 1.85. The lowest BCUT2D eigenvalue weighted by atomic mass is 10.2. The minimum absolute atomic E-state index is 0.00304. The fourth-order valence-electron chi connectivity index (χ4n) is 3.40. The number of benzene rings is 2. The Morgan fingerprint density at radius 2 is 1.86 bits per heavy atom. The number of nitrogens with one attached hydrogen (secondary N) is 1. The summed E-state index contributed by atoms with van der Waals surface area (Å²) in [6, 6.07) is 10.1. The van der Waals surface area contributed by atoms with Gasteiger partial charge in [0.2, 0.25) is 0 Å². The molecule has 0 bridgehead atoms. The van der Waals surface area contributed by atoms with Crippen molar-refractivity contribution in [1.82, 2.24) is 9.78 Å². The zero-order valence-electron chi connectivity index (χ0n) is 18.9. The topological polar surface area (TPSA) is 99.5 Å². The average Bonchev–Trinajstić information content (AvgIpc) is 3.28. The number of fused-ring (bicyclic) bond motifs is 1. The van der Waals surface area contributed by atoms with Gasteiger partial charge in [-0.25, -0.2) is 4.79 Å². The fourth-order valence-corrected chi connectivity index (χ4v) is 4.33. The van der Waals surface area contributed by atoms with Crippen LogP contribution >= 0.6 is 11.3 Å². The molecule has 2 aromatic carbocycles. The van der Waals surface area contributed by atoms with Crippen LogP contribution in [0.4, 0.5) is 18.2 Å². The zero-order chi connectivity index (χ0) is 26.0. The standard InChI is InChI=1S/C24H18F3N3O5S/c1-3-35-23(33)19-17-12-36-21(28-20(31)13-5-4-6-16(11-13)34-2)18(17)22(32)30(29-19)15-9-7-14(8-10-15)24(25,26)27/h4-12H,3H2,1-2H3,(H,28,31). The molecule has 0 aliphatic rings. The first-order chi connectivity index (χ1) is 17.1. The van der Waals surface area contributed by atoms with Crippen molar-refractivity contribution in [2.45, 2.75) is 13.1 Å². The summed E-state index contributed by atoms with van der Waals surface area (Å²) in [5.74, 6) is -0.906. The van der Waals surface area contributed by atoms with Crippen LogP contribution in [0.3, 0.4) is 0 Å². The summed E-state index contributed by atoms with van der Waals surface area (Å²) >= 11 is 0.996. The van der Waals surface area contributed by atoms with E-state index in [4.69, 9.17) is 9.47 Å². The van der Waals surface area contributed by atoms with E-state index in [-0.39, 0.29) is 39.3 Å². The number of halogens is 3. The molecule has 4 rings (SSSR count). The van der Waals surface area contributed by atoms with Gasteiger partial charge in [-0.15, -0.1) is 11.3 Å². The van der Waals surface area contributed by atoms with Crippen molar-refractivity contribution in [3.63, 3.8) is 0 Å². The van der Waals surface area contributed by atoms with E-state index in [0.717, 1.165) is 40.3 Å². The van der Waals surface area contributed by atoms with E-state index in [9.17, 15) is 27.6 Å². The molecule has 12 heteroatoms. The van der Waals surface area contributed by atoms with Crippen molar-refractivity contribution in [1.29, 1.82) is 0 Å².